The van der Waals surface area contributed by atoms with Gasteiger partial charge in [-0.2, -0.15) is 11.8 Å². The van der Waals surface area contributed by atoms with Crippen molar-refractivity contribution >= 4 is 11.8 Å². The van der Waals surface area contributed by atoms with Crippen LogP contribution in [0.15, 0.2) is 24.3 Å². The number of nitrogens with one attached hydrogen (secondary N) is 1. The van der Waals surface area contributed by atoms with Crippen molar-refractivity contribution in [2.75, 3.05) is 11.5 Å². The number of hydrogen-bond donors (Lipinski definition) is 1. The van der Waals surface area contributed by atoms with E-state index in [0.717, 1.165) is 5.56 Å². The summed E-state index contributed by atoms with van der Waals surface area (Å²) in [4.78, 5) is 0. The Morgan fingerprint density at radius 1 is 1.33 bits per heavy atom. The van der Waals surface area contributed by atoms with Gasteiger partial charge in [0.25, 0.3) is 0 Å². The molecule has 0 saturated carbocycles. The standard InChI is InChI=1S/C15H22FNS/c1-11(12-4-6-13(16)7-5-12)17-14-8-15(2,3)10-18-9-14/h4-7,11,14,17H,8-10H2,1-3H3/t11-,14?/m1/s1. The predicted octanol–water partition coefficient (Wildman–Crippen LogP) is 4.01. The highest BCUT2D eigenvalue weighted by molar-refractivity contribution is 7.99. The molecule has 18 heavy (non-hydrogen) atoms. The van der Waals surface area contributed by atoms with E-state index in [1.807, 2.05) is 23.9 Å². The Balaban J connectivity index is 1.94. The van der Waals surface area contributed by atoms with E-state index >= 15 is 0 Å². The Hall–Kier alpha value is -0.540. The van der Waals surface area contributed by atoms with Gasteiger partial charge in [0.15, 0.2) is 0 Å². The molecule has 1 aliphatic heterocycles. The fraction of sp³-hybridized carbons (Fsp3) is 0.600. The van der Waals surface area contributed by atoms with E-state index in [4.69, 9.17) is 0 Å². The summed E-state index contributed by atoms with van der Waals surface area (Å²) in [6, 6.07) is 7.64. The molecule has 2 atom stereocenters. The lowest BCUT2D eigenvalue weighted by Crippen LogP contribution is -2.41. The first-order chi connectivity index (χ1) is 8.46. The van der Waals surface area contributed by atoms with Crippen molar-refractivity contribution in [1.82, 2.24) is 5.32 Å². The SMILES string of the molecule is C[C@@H](NC1CSCC(C)(C)C1)c1ccc(F)cc1. The number of benzene rings is 1. The van der Waals surface area contributed by atoms with E-state index in [-0.39, 0.29) is 11.9 Å². The molecule has 1 aromatic rings. The number of rotatable bonds is 3. The third kappa shape index (κ3) is 3.72. The minimum Gasteiger partial charge on any atom is -0.307 e. The van der Waals surface area contributed by atoms with Crippen LogP contribution in [0.2, 0.25) is 0 Å². The molecule has 0 amide bonds. The molecular weight excluding hydrogens is 245 g/mol. The largest absolute Gasteiger partial charge is 0.307 e. The Morgan fingerprint density at radius 3 is 2.61 bits per heavy atom. The molecule has 0 bridgehead atoms. The zero-order valence-corrected chi connectivity index (χ0v) is 12.2. The second kappa shape index (κ2) is 5.62. The van der Waals surface area contributed by atoms with Crippen molar-refractivity contribution in [3.63, 3.8) is 0 Å². The summed E-state index contributed by atoms with van der Waals surface area (Å²) < 4.78 is 12.9. The molecule has 0 aliphatic carbocycles. The summed E-state index contributed by atoms with van der Waals surface area (Å²) in [5.74, 6) is 2.26. The van der Waals surface area contributed by atoms with Gasteiger partial charge >= 0.3 is 0 Å². The quantitative estimate of drug-likeness (QED) is 0.888. The van der Waals surface area contributed by atoms with Crippen LogP contribution in [0.1, 0.15) is 38.8 Å². The fourth-order valence-corrected chi connectivity index (χ4v) is 3.86. The Labute approximate surface area is 114 Å². The lowest BCUT2D eigenvalue weighted by molar-refractivity contribution is 0.305. The minimum atomic E-state index is -0.166. The summed E-state index contributed by atoms with van der Waals surface area (Å²) in [7, 11) is 0. The Bertz CT molecular complexity index is 388. The Kier molecular flexibility index (Phi) is 4.33. The van der Waals surface area contributed by atoms with Gasteiger partial charge in [0.2, 0.25) is 0 Å². The van der Waals surface area contributed by atoms with Crippen LogP contribution in [0.5, 0.6) is 0 Å². The van der Waals surface area contributed by atoms with Crippen molar-refractivity contribution in [1.29, 1.82) is 0 Å². The lowest BCUT2D eigenvalue weighted by Gasteiger charge is -2.36. The molecule has 1 unspecified atom stereocenters. The highest BCUT2D eigenvalue weighted by Gasteiger charge is 2.29. The zero-order valence-electron chi connectivity index (χ0n) is 11.4. The van der Waals surface area contributed by atoms with Crippen molar-refractivity contribution in [3.8, 4) is 0 Å². The van der Waals surface area contributed by atoms with Crippen LogP contribution in [-0.4, -0.2) is 17.5 Å². The molecule has 1 heterocycles. The number of thioether (sulfide) groups is 1. The highest BCUT2D eigenvalue weighted by Crippen LogP contribution is 2.34. The lowest BCUT2D eigenvalue weighted by atomic mass is 9.87. The van der Waals surface area contributed by atoms with Gasteiger partial charge in [-0.1, -0.05) is 26.0 Å². The van der Waals surface area contributed by atoms with Crippen LogP contribution >= 0.6 is 11.8 Å². The molecule has 1 nitrogen and oxygen atoms in total. The first kappa shape index (κ1) is 13.9. The summed E-state index contributed by atoms with van der Waals surface area (Å²) in [5, 5.41) is 3.67. The minimum absolute atomic E-state index is 0.166. The topological polar surface area (TPSA) is 12.0 Å². The molecule has 1 saturated heterocycles. The molecule has 0 aromatic heterocycles. The van der Waals surface area contributed by atoms with E-state index in [1.165, 1.54) is 30.1 Å². The normalized spacial score (nSPS) is 24.8. The maximum Gasteiger partial charge on any atom is 0.123 e. The zero-order chi connectivity index (χ0) is 13.2. The summed E-state index contributed by atoms with van der Waals surface area (Å²) in [6.07, 6.45) is 1.21. The van der Waals surface area contributed by atoms with Gasteiger partial charge in [0, 0.05) is 17.8 Å². The van der Waals surface area contributed by atoms with E-state index in [0.29, 0.717) is 11.5 Å². The molecule has 1 aliphatic rings. The van der Waals surface area contributed by atoms with E-state index in [9.17, 15) is 4.39 Å². The van der Waals surface area contributed by atoms with Crippen molar-refractivity contribution in [3.05, 3.63) is 35.6 Å². The predicted molar refractivity (Wildman–Crippen MR) is 77.5 cm³/mol. The van der Waals surface area contributed by atoms with Gasteiger partial charge < -0.3 is 5.32 Å². The second-order valence-electron chi connectivity index (χ2n) is 6.02. The van der Waals surface area contributed by atoms with E-state index < -0.39 is 0 Å². The Morgan fingerprint density at radius 2 is 2.00 bits per heavy atom. The third-order valence-electron chi connectivity index (χ3n) is 3.47. The van der Waals surface area contributed by atoms with Gasteiger partial charge in [-0.3, -0.25) is 0 Å². The highest BCUT2D eigenvalue weighted by atomic mass is 32.2. The van der Waals surface area contributed by atoms with Crippen LogP contribution in [0.25, 0.3) is 0 Å². The monoisotopic (exact) mass is 267 g/mol. The van der Waals surface area contributed by atoms with Crippen LogP contribution in [-0.2, 0) is 0 Å². The van der Waals surface area contributed by atoms with Crippen molar-refractivity contribution in [2.24, 2.45) is 5.41 Å². The van der Waals surface area contributed by atoms with Crippen LogP contribution < -0.4 is 5.32 Å². The van der Waals surface area contributed by atoms with Gasteiger partial charge in [-0.25, -0.2) is 4.39 Å². The van der Waals surface area contributed by atoms with Crippen molar-refractivity contribution in [2.45, 2.75) is 39.3 Å². The third-order valence-corrected chi connectivity index (χ3v) is 5.09. The van der Waals surface area contributed by atoms with Crippen LogP contribution in [0.3, 0.4) is 0 Å². The molecule has 1 fully saturated rings. The number of hydrogen-bond acceptors (Lipinski definition) is 2. The average Bonchev–Trinajstić information content (AvgIpc) is 2.28. The molecule has 1 aromatic carbocycles. The smallest absolute Gasteiger partial charge is 0.123 e. The van der Waals surface area contributed by atoms with E-state index in [1.54, 1.807) is 0 Å². The molecule has 3 heteroatoms. The molecular formula is C15H22FNS. The van der Waals surface area contributed by atoms with Crippen LogP contribution in [0, 0.1) is 11.2 Å². The first-order valence-corrected chi connectivity index (χ1v) is 7.71. The molecule has 2 rings (SSSR count). The van der Waals surface area contributed by atoms with Gasteiger partial charge in [0.1, 0.15) is 5.82 Å². The summed E-state index contributed by atoms with van der Waals surface area (Å²) in [5.41, 5.74) is 1.58. The molecule has 100 valence electrons. The molecule has 0 radical (unpaired) electrons. The van der Waals surface area contributed by atoms with Gasteiger partial charge in [0.05, 0.1) is 0 Å². The fourth-order valence-electron chi connectivity index (χ4n) is 2.57. The average molecular weight is 267 g/mol. The van der Waals surface area contributed by atoms with Gasteiger partial charge in [-0.05, 0) is 42.2 Å². The van der Waals surface area contributed by atoms with Crippen LogP contribution in [0.4, 0.5) is 4.39 Å². The van der Waals surface area contributed by atoms with Gasteiger partial charge in [-0.15, -0.1) is 0 Å². The number of halogens is 1. The molecule has 1 N–H and O–H groups in total. The maximum absolute atomic E-state index is 12.9. The first-order valence-electron chi connectivity index (χ1n) is 6.55. The molecule has 0 spiro atoms. The second-order valence-corrected chi connectivity index (χ2v) is 7.05. The van der Waals surface area contributed by atoms with E-state index in [2.05, 4.69) is 26.1 Å². The summed E-state index contributed by atoms with van der Waals surface area (Å²) in [6.45, 7) is 6.81. The van der Waals surface area contributed by atoms with Crippen molar-refractivity contribution < 1.29 is 4.39 Å². The maximum atomic E-state index is 12.9. The summed E-state index contributed by atoms with van der Waals surface area (Å²) >= 11 is 2.03.